The van der Waals surface area contributed by atoms with E-state index in [0.29, 0.717) is 23.0 Å². The van der Waals surface area contributed by atoms with Crippen LogP contribution in [0.1, 0.15) is 48.4 Å². The highest BCUT2D eigenvalue weighted by Crippen LogP contribution is 2.33. The highest BCUT2D eigenvalue weighted by molar-refractivity contribution is 6.05. The summed E-state index contributed by atoms with van der Waals surface area (Å²) < 4.78 is 40.5. The number of nitrogens with one attached hydrogen (secondary N) is 2. The number of nitrogens with zero attached hydrogens (tertiary/aromatic N) is 1. The number of aromatic amines is 1. The van der Waals surface area contributed by atoms with Crippen LogP contribution in [0.3, 0.4) is 0 Å². The Morgan fingerprint density at radius 1 is 0.861 bits per heavy atom. The van der Waals surface area contributed by atoms with Gasteiger partial charge in [0.05, 0.1) is 11.6 Å². The van der Waals surface area contributed by atoms with Crippen molar-refractivity contribution in [1.82, 2.24) is 15.2 Å². The Labute approximate surface area is 208 Å². The topological polar surface area (TPSA) is 48.1 Å². The third-order valence-electron chi connectivity index (χ3n) is 7.08. The van der Waals surface area contributed by atoms with Crippen molar-refractivity contribution in [2.24, 2.45) is 0 Å². The zero-order chi connectivity index (χ0) is 25.1. The number of halogens is 3. The van der Waals surface area contributed by atoms with E-state index in [-0.39, 0.29) is 5.56 Å². The van der Waals surface area contributed by atoms with Gasteiger partial charge in [0.1, 0.15) is 0 Å². The molecule has 1 fully saturated rings. The van der Waals surface area contributed by atoms with E-state index in [1.165, 1.54) is 31.4 Å². The van der Waals surface area contributed by atoms with Gasteiger partial charge in [0, 0.05) is 16.3 Å². The third kappa shape index (κ3) is 5.32. The number of hydrogen-bond acceptors (Lipinski definition) is 3. The molecule has 0 radical (unpaired) electrons. The molecule has 4 nitrogen and oxygen atoms in total. The molecule has 0 spiro atoms. The first-order valence-electron chi connectivity index (χ1n) is 12.6. The number of rotatable bonds is 7. The summed E-state index contributed by atoms with van der Waals surface area (Å²) >= 11 is 0. The first-order chi connectivity index (χ1) is 17.4. The molecule has 7 heteroatoms. The summed E-state index contributed by atoms with van der Waals surface area (Å²) in [5.41, 5.74) is 1.31. The molecule has 0 aliphatic carbocycles. The van der Waals surface area contributed by atoms with Crippen LogP contribution in [0.2, 0.25) is 0 Å². The van der Waals surface area contributed by atoms with E-state index in [1.54, 1.807) is 12.1 Å². The Bertz CT molecular complexity index is 1410. The van der Waals surface area contributed by atoms with Crippen molar-refractivity contribution in [3.63, 3.8) is 0 Å². The molecule has 0 saturated carbocycles. The second-order valence-electron chi connectivity index (χ2n) is 9.57. The van der Waals surface area contributed by atoms with E-state index >= 15 is 0 Å². The van der Waals surface area contributed by atoms with Gasteiger partial charge in [-0.15, -0.1) is 0 Å². The molecule has 4 aromatic rings. The quantitative estimate of drug-likeness (QED) is 0.236. The molecule has 3 aromatic carbocycles. The minimum absolute atomic E-state index is 0.156. The van der Waals surface area contributed by atoms with Crippen LogP contribution >= 0.6 is 0 Å². The van der Waals surface area contributed by atoms with Crippen LogP contribution in [0.5, 0.6) is 0 Å². The lowest BCUT2D eigenvalue weighted by Gasteiger charge is -2.27. The first-order valence-corrected chi connectivity index (χ1v) is 12.6. The molecule has 1 unspecified atom stereocenters. The molecule has 1 atom stereocenters. The van der Waals surface area contributed by atoms with Crippen molar-refractivity contribution in [1.29, 1.82) is 0 Å². The number of H-pyrrole nitrogens is 1. The van der Waals surface area contributed by atoms with Gasteiger partial charge in [-0.25, -0.2) is 0 Å². The normalized spacial score (nSPS) is 16.0. The summed E-state index contributed by atoms with van der Waals surface area (Å²) in [7, 11) is 0. The molecule has 1 aliphatic rings. The molecular formula is C29H30F3N3O. The Morgan fingerprint density at radius 2 is 1.61 bits per heavy atom. The Hall–Kier alpha value is -3.16. The fourth-order valence-electron chi connectivity index (χ4n) is 5.23. The predicted octanol–water partition coefficient (Wildman–Crippen LogP) is 6.26. The average Bonchev–Trinajstić information content (AvgIpc) is 2.89. The SMILES string of the molecule is O=c1[nH]c2ccc(C(NCCCN3CCCCC3)c3cccc(C(F)(F)F)c3)cc2c2ccccc12. The lowest BCUT2D eigenvalue weighted by molar-refractivity contribution is -0.137. The van der Waals surface area contributed by atoms with Crippen molar-refractivity contribution < 1.29 is 13.2 Å². The molecule has 1 aromatic heterocycles. The molecule has 2 heterocycles. The van der Waals surface area contributed by atoms with E-state index < -0.39 is 17.8 Å². The molecule has 0 bridgehead atoms. The fourth-order valence-corrected chi connectivity index (χ4v) is 5.23. The van der Waals surface area contributed by atoms with Crippen molar-refractivity contribution in [3.05, 3.63) is 93.8 Å². The number of piperidine rings is 1. The predicted molar refractivity (Wildman–Crippen MR) is 138 cm³/mol. The minimum atomic E-state index is -4.41. The van der Waals surface area contributed by atoms with Crippen LogP contribution < -0.4 is 10.9 Å². The highest BCUT2D eigenvalue weighted by atomic mass is 19.4. The Morgan fingerprint density at radius 3 is 2.39 bits per heavy atom. The molecule has 188 valence electrons. The molecule has 5 rings (SSSR count). The maximum Gasteiger partial charge on any atom is 0.416 e. The first kappa shape index (κ1) is 24.5. The summed E-state index contributed by atoms with van der Waals surface area (Å²) in [6.07, 6.45) is 0.252. The lowest BCUT2D eigenvalue weighted by atomic mass is 9.94. The zero-order valence-electron chi connectivity index (χ0n) is 20.1. The van der Waals surface area contributed by atoms with Crippen LogP contribution in [0.4, 0.5) is 13.2 Å². The van der Waals surface area contributed by atoms with E-state index in [0.717, 1.165) is 48.5 Å². The van der Waals surface area contributed by atoms with Gasteiger partial charge < -0.3 is 15.2 Å². The second-order valence-corrected chi connectivity index (χ2v) is 9.57. The van der Waals surface area contributed by atoms with Gasteiger partial charge in [-0.05, 0) is 92.3 Å². The smallest absolute Gasteiger partial charge is 0.321 e. The van der Waals surface area contributed by atoms with E-state index in [4.69, 9.17) is 0 Å². The maximum atomic E-state index is 13.5. The minimum Gasteiger partial charge on any atom is -0.321 e. The number of pyridine rings is 1. The lowest BCUT2D eigenvalue weighted by Crippen LogP contribution is -2.33. The van der Waals surface area contributed by atoms with Gasteiger partial charge in [-0.2, -0.15) is 13.2 Å². The monoisotopic (exact) mass is 493 g/mol. The van der Waals surface area contributed by atoms with Gasteiger partial charge in [0.25, 0.3) is 5.56 Å². The number of likely N-dealkylation sites (tertiary alicyclic amines) is 1. The molecule has 2 N–H and O–H groups in total. The van der Waals surface area contributed by atoms with Gasteiger partial charge >= 0.3 is 6.18 Å². The van der Waals surface area contributed by atoms with E-state index in [1.807, 2.05) is 36.4 Å². The summed E-state index contributed by atoms with van der Waals surface area (Å²) in [6.45, 7) is 3.90. The van der Waals surface area contributed by atoms with Crippen molar-refractivity contribution >= 4 is 21.7 Å². The number of fused-ring (bicyclic) bond motifs is 3. The largest absolute Gasteiger partial charge is 0.416 e. The Balaban J connectivity index is 1.49. The second kappa shape index (κ2) is 10.4. The van der Waals surface area contributed by atoms with Crippen LogP contribution in [0, 0.1) is 0 Å². The molecule has 1 aliphatic heterocycles. The Kier molecular flexibility index (Phi) is 7.12. The van der Waals surface area contributed by atoms with Crippen molar-refractivity contribution in [2.45, 2.75) is 37.9 Å². The van der Waals surface area contributed by atoms with Gasteiger partial charge in [0.15, 0.2) is 0 Å². The molecule has 0 amide bonds. The van der Waals surface area contributed by atoms with Gasteiger partial charge in [-0.3, -0.25) is 4.79 Å². The average molecular weight is 494 g/mol. The summed E-state index contributed by atoms with van der Waals surface area (Å²) in [6, 6.07) is 18.2. The van der Waals surface area contributed by atoms with Crippen LogP contribution in [-0.2, 0) is 6.18 Å². The number of alkyl halides is 3. The fraction of sp³-hybridized carbons (Fsp3) is 0.345. The maximum absolute atomic E-state index is 13.5. The van der Waals surface area contributed by atoms with Crippen LogP contribution in [0.15, 0.2) is 71.5 Å². The number of aromatic nitrogens is 1. The van der Waals surface area contributed by atoms with Crippen LogP contribution in [-0.4, -0.2) is 36.1 Å². The van der Waals surface area contributed by atoms with E-state index in [9.17, 15) is 18.0 Å². The molecule has 1 saturated heterocycles. The van der Waals surface area contributed by atoms with Crippen LogP contribution in [0.25, 0.3) is 21.7 Å². The standard InChI is InChI=1S/C29H30F3N3O/c30-29(31,32)22-9-6-8-20(18-22)27(33-14-7-17-35-15-4-1-5-16-35)21-12-13-26-25(19-21)23-10-2-3-11-24(23)28(36)34-26/h2-3,6,8-13,18-19,27,33H,1,4-5,7,14-17H2,(H,34,36). The molecular weight excluding hydrogens is 463 g/mol. The third-order valence-corrected chi connectivity index (χ3v) is 7.08. The van der Waals surface area contributed by atoms with E-state index in [2.05, 4.69) is 15.2 Å². The summed E-state index contributed by atoms with van der Waals surface area (Å²) in [5.74, 6) is 0. The summed E-state index contributed by atoms with van der Waals surface area (Å²) in [5, 5.41) is 5.81. The molecule has 36 heavy (non-hydrogen) atoms. The van der Waals surface area contributed by atoms with Crippen molar-refractivity contribution in [2.75, 3.05) is 26.2 Å². The van der Waals surface area contributed by atoms with Crippen molar-refractivity contribution in [3.8, 4) is 0 Å². The zero-order valence-corrected chi connectivity index (χ0v) is 20.1. The number of benzene rings is 3. The number of hydrogen-bond donors (Lipinski definition) is 2. The highest BCUT2D eigenvalue weighted by Gasteiger charge is 2.31. The van der Waals surface area contributed by atoms with Gasteiger partial charge in [0.2, 0.25) is 0 Å². The van der Waals surface area contributed by atoms with Gasteiger partial charge in [-0.1, -0.05) is 42.8 Å². The summed E-state index contributed by atoms with van der Waals surface area (Å²) in [4.78, 5) is 17.9.